The minimum absolute atomic E-state index is 0.00295. The van der Waals surface area contributed by atoms with E-state index in [1.54, 1.807) is 0 Å². The van der Waals surface area contributed by atoms with Gasteiger partial charge in [-0.2, -0.15) is 0 Å². The van der Waals surface area contributed by atoms with Gasteiger partial charge < -0.3 is 10.2 Å². The second-order valence-corrected chi connectivity index (χ2v) is 27.4. The Hall–Kier alpha value is -1.36. The highest BCUT2D eigenvalue weighted by Gasteiger charge is 2.65. The summed E-state index contributed by atoms with van der Waals surface area (Å²) in [6.07, 6.45) is 1.52. The molecule has 0 spiro atoms. The van der Waals surface area contributed by atoms with Gasteiger partial charge in [0, 0.05) is 0 Å². The molecule has 34 nitrogen and oxygen atoms in total. The summed E-state index contributed by atoms with van der Waals surface area (Å²) in [5.41, 5.74) is 0. The van der Waals surface area contributed by atoms with E-state index in [0.29, 0.717) is 0 Å². The fourth-order valence-electron chi connectivity index (χ4n) is 19.6. The van der Waals surface area contributed by atoms with E-state index >= 15 is 0 Å². The topological polar surface area (TPSA) is 285 Å². The molecule has 16 fully saturated rings. The average Bonchev–Trinajstić information content (AvgIpc) is 3.31. The molecule has 16 rings (SSSR count). The van der Waals surface area contributed by atoms with Crippen LogP contribution in [0.2, 0.25) is 0 Å². The third-order valence-electron chi connectivity index (χ3n) is 23.6. The van der Waals surface area contributed by atoms with Crippen molar-refractivity contribution in [3.8, 4) is 0 Å². The molecule has 0 bridgehead atoms. The molecule has 18 N–H and O–H groups in total. The lowest BCUT2D eigenvalue weighted by Gasteiger charge is -2.42. The van der Waals surface area contributed by atoms with Crippen LogP contribution >= 0.6 is 0 Å². The number of aliphatic hydroxyl groups excluding tert-OH is 2. The second kappa shape index (κ2) is 19.6. The number of aliphatic hydroxyl groups is 2. The normalized spacial score (nSPS) is 58.0. The van der Waals surface area contributed by atoms with Crippen LogP contribution in [0.3, 0.4) is 0 Å². The third-order valence-corrected chi connectivity index (χ3v) is 23.6. The first-order valence-corrected chi connectivity index (χ1v) is 30.2. The van der Waals surface area contributed by atoms with Crippen molar-refractivity contribution < 1.29 is 10.2 Å². The van der Waals surface area contributed by atoms with Gasteiger partial charge in [0.25, 0.3) is 0 Å². The Morgan fingerprint density at radius 2 is 0.256 bits per heavy atom. The van der Waals surface area contributed by atoms with Crippen molar-refractivity contribution in [2.45, 2.75) is 198 Å². The maximum atomic E-state index is 10.4. The Balaban J connectivity index is 0.508. The van der Waals surface area contributed by atoms with Crippen LogP contribution in [0.5, 0.6) is 0 Å². The van der Waals surface area contributed by atoms with E-state index in [1.165, 1.54) is 0 Å². The maximum Gasteiger partial charge on any atom is 0.165 e. The molecule has 0 aromatic heterocycles. The van der Waals surface area contributed by atoms with Crippen LogP contribution in [0, 0.1) is 0 Å². The molecule has 0 radical (unpaired) electrons. The van der Waals surface area contributed by atoms with Gasteiger partial charge in [0.15, 0.2) is 12.7 Å². The number of likely N-dealkylation sites (N-methyl/N-ethyl adjacent to an activating group) is 16. The summed E-state index contributed by atoms with van der Waals surface area (Å²) >= 11 is 0. The highest BCUT2D eigenvalue weighted by Crippen LogP contribution is 2.40. The molecule has 32 atom stereocenters. The molecule has 0 aromatic carbocycles. The molecule has 0 amide bonds. The average molecular weight is 1160 g/mol. The van der Waals surface area contributed by atoms with Crippen LogP contribution in [0.25, 0.3) is 0 Å². The lowest BCUT2D eigenvalue weighted by atomic mass is 10.3. The monoisotopic (exact) mass is 1150 g/mol. The first-order valence-electron chi connectivity index (χ1n) is 30.2. The van der Waals surface area contributed by atoms with Crippen molar-refractivity contribution in [1.82, 2.24) is 163 Å². The quantitative estimate of drug-likeness (QED) is 0.113. The molecule has 34 heteroatoms. The number of fused-ring (bicyclic) bond motifs is 8. The Kier molecular flexibility index (Phi) is 13.3. The standard InChI is InChI=1S/C48H98N32O2/c1-65-25(49-17-39(65)67(3)27(51-17)29-53-19-41(69(29)5)71(7)31(55-19)33-57-21-43(73(33)9)75(11)35(59-21)37-61-23-45(77(37)13)79(15)47(81)63-23)26-50-18-40(66(26)2)68(4)28(52-18)30-54-20-42(70(30)6)72(8)32(56-20)34-58-22-44(74(34)10)76(12)36(60-22)38-62-24-46(78(38)14)80(16)48(82)64-24/h17-64,81-82H,1-16H3/t17-,18+,19-,20+,21-,22+,23-,24+,25?,26?,27?,28?,29?,30?,31?,32?,33?,34?,35?,36?,37?,38?,39+,40-,41+,42-,43+,44-,45+,46-,47?,48?. The maximum absolute atomic E-state index is 10.4. The van der Waals surface area contributed by atoms with Gasteiger partial charge in [-0.15, -0.1) is 0 Å². The molecule has 0 aromatic rings. The van der Waals surface area contributed by atoms with Crippen molar-refractivity contribution in [2.24, 2.45) is 0 Å². The number of hydrogen-bond donors (Lipinski definition) is 18. The predicted molar refractivity (Wildman–Crippen MR) is 300 cm³/mol. The number of nitrogens with one attached hydrogen (secondary N) is 16. The van der Waals surface area contributed by atoms with Gasteiger partial charge in [-0.05, 0) is 113 Å². The lowest BCUT2D eigenvalue weighted by Crippen LogP contribution is -2.66. The van der Waals surface area contributed by atoms with Gasteiger partial charge >= 0.3 is 0 Å². The summed E-state index contributed by atoms with van der Waals surface area (Å²) in [7, 11) is 35.3. The van der Waals surface area contributed by atoms with Gasteiger partial charge in [0.1, 0.15) is 0 Å². The number of nitrogens with zero attached hydrogens (tertiary/aromatic N) is 16. The number of hydrogen-bond acceptors (Lipinski definition) is 34. The highest BCUT2D eigenvalue weighted by atomic mass is 16.3. The van der Waals surface area contributed by atoms with Crippen molar-refractivity contribution in [3.63, 3.8) is 0 Å². The minimum atomic E-state index is -0.655. The lowest BCUT2D eigenvalue weighted by molar-refractivity contribution is -0.0335. The van der Waals surface area contributed by atoms with Crippen molar-refractivity contribution in [2.75, 3.05) is 113 Å². The van der Waals surface area contributed by atoms with Gasteiger partial charge in [-0.3, -0.25) is 163 Å². The molecule has 462 valence electrons. The van der Waals surface area contributed by atoms with E-state index in [4.69, 9.17) is 0 Å². The Morgan fingerprint density at radius 1 is 0.159 bits per heavy atom. The van der Waals surface area contributed by atoms with Gasteiger partial charge in [0.2, 0.25) is 0 Å². The fraction of sp³-hybridized carbons (Fsp3) is 1.00. The van der Waals surface area contributed by atoms with E-state index in [1.807, 2.05) is 23.9 Å². The molecule has 16 heterocycles. The zero-order valence-corrected chi connectivity index (χ0v) is 50.5. The van der Waals surface area contributed by atoms with Crippen LogP contribution in [0.4, 0.5) is 0 Å². The molecule has 0 aliphatic carbocycles. The first-order chi connectivity index (χ1) is 39.1. The summed E-state index contributed by atoms with van der Waals surface area (Å²) in [5.74, 6) is 0. The summed E-state index contributed by atoms with van der Waals surface area (Å²) in [4.78, 5) is 38.7. The molecule has 16 aliphatic rings. The smallest absolute Gasteiger partial charge is 0.165 e. The summed E-state index contributed by atoms with van der Waals surface area (Å²) < 4.78 is 0. The first kappa shape index (κ1) is 55.9. The molecule has 16 aliphatic heterocycles. The van der Waals surface area contributed by atoms with Gasteiger partial charge in [0.05, 0.1) is 185 Å². The highest BCUT2D eigenvalue weighted by molar-refractivity contribution is 5.17. The van der Waals surface area contributed by atoms with Crippen molar-refractivity contribution in [1.29, 1.82) is 0 Å². The Bertz CT molecular complexity index is 2270. The molecule has 0 saturated carbocycles. The van der Waals surface area contributed by atoms with E-state index < -0.39 is 12.7 Å². The van der Waals surface area contributed by atoms with Crippen LogP contribution in [0.15, 0.2) is 0 Å². The zero-order valence-electron chi connectivity index (χ0n) is 50.5. The van der Waals surface area contributed by atoms with Gasteiger partial charge in [-0.1, -0.05) is 0 Å². The Morgan fingerprint density at radius 3 is 0.354 bits per heavy atom. The molecular formula is C48H98N32O2. The second-order valence-electron chi connectivity index (χ2n) is 27.4. The van der Waals surface area contributed by atoms with Gasteiger partial charge in [-0.25, -0.2) is 0 Å². The molecule has 82 heavy (non-hydrogen) atoms. The molecule has 16 unspecified atom stereocenters. The molecular weight excluding hydrogens is 1060 g/mol. The largest absolute Gasteiger partial charge is 0.365 e. The summed E-state index contributed by atoms with van der Waals surface area (Å²) in [6, 6.07) is 0. The SMILES string of the molecule is CN1C(O)N[C@H]2NC(C3N[C@H]4NC(C5N[C@H]6NC(C7N[C@H]8NC(C9N[C@H]%10NC(C%11N[C@H]%12NC(C%13N[C@H]%14NC(C%15N[C@H]%16NC(O)N(C)[C@H]%16N%15C)N(C)[C@H]%14N%13C)N(C)[C@H]%12N%11C)N(C)[C@H]%10N9C)N(C)[C@H]8N7C)N(C)[C@H]6N5C)N(C)[C@H]4N3C)N(C)[C@H]21. The zero-order chi connectivity index (χ0) is 57.0. The van der Waals surface area contributed by atoms with Crippen molar-refractivity contribution >= 4 is 0 Å². The van der Waals surface area contributed by atoms with Crippen molar-refractivity contribution in [3.05, 3.63) is 0 Å². The van der Waals surface area contributed by atoms with E-state index in [9.17, 15) is 10.2 Å². The minimum Gasteiger partial charge on any atom is -0.365 e. The fourth-order valence-corrected chi connectivity index (χ4v) is 19.6. The number of rotatable bonds is 7. The van der Waals surface area contributed by atoms with Crippen LogP contribution in [-0.2, 0) is 0 Å². The van der Waals surface area contributed by atoms with E-state index in [0.717, 1.165) is 0 Å². The third kappa shape index (κ3) is 7.55. The summed E-state index contributed by atoms with van der Waals surface area (Å²) in [5, 5.41) is 83.1. The van der Waals surface area contributed by atoms with Crippen LogP contribution in [0.1, 0.15) is 0 Å². The van der Waals surface area contributed by atoms with Crippen LogP contribution < -0.4 is 85.1 Å². The van der Waals surface area contributed by atoms with E-state index in [-0.39, 0.29) is 185 Å². The summed E-state index contributed by atoms with van der Waals surface area (Å²) in [6.45, 7) is 0. The van der Waals surface area contributed by atoms with E-state index in [2.05, 4.69) is 252 Å². The Labute approximate surface area is 482 Å². The molecule has 16 saturated heterocycles. The predicted octanol–water partition coefficient (Wildman–Crippen LogP) is -14.1. The van der Waals surface area contributed by atoms with Crippen LogP contribution in [-0.4, -0.2) is 399 Å².